The van der Waals surface area contributed by atoms with Crippen molar-refractivity contribution in [3.8, 4) is 0 Å². The van der Waals surface area contributed by atoms with Gasteiger partial charge in [0.25, 0.3) is 5.91 Å². The molecule has 2 atom stereocenters. The lowest BCUT2D eigenvalue weighted by atomic mass is 10.1. The van der Waals surface area contributed by atoms with Gasteiger partial charge in [-0.3, -0.25) is 4.79 Å². The fourth-order valence-corrected chi connectivity index (χ4v) is 2.44. The lowest BCUT2D eigenvalue weighted by Gasteiger charge is -2.26. The fourth-order valence-electron chi connectivity index (χ4n) is 2.23. The third-order valence-electron chi connectivity index (χ3n) is 3.35. The number of amides is 1. The van der Waals surface area contributed by atoms with Crippen LogP contribution in [-0.4, -0.2) is 36.6 Å². The zero-order valence-electron chi connectivity index (χ0n) is 10.4. The Bertz CT molecular complexity index is 466. The Hall–Kier alpha value is -1.07. The number of rotatable bonds is 2. The van der Waals surface area contributed by atoms with Gasteiger partial charge in [-0.15, -0.1) is 12.6 Å². The topological polar surface area (TPSA) is 29.5 Å². The predicted molar refractivity (Wildman–Crippen MR) is 69.6 cm³/mol. The standard InChI is InChI=1S/C13H16FNO2S/c1-8-11(5-6-17-8)15(2)13(16)9-3-4-10(14)12(18)7-9/h3-4,7-8,11,18H,5-6H2,1-2H3. The van der Waals surface area contributed by atoms with Crippen molar-refractivity contribution < 1.29 is 13.9 Å². The van der Waals surface area contributed by atoms with Gasteiger partial charge in [-0.05, 0) is 31.5 Å². The molecule has 3 nitrogen and oxygen atoms in total. The highest BCUT2D eigenvalue weighted by Gasteiger charge is 2.31. The first-order chi connectivity index (χ1) is 8.50. The molecule has 2 unspecified atom stereocenters. The van der Waals surface area contributed by atoms with Gasteiger partial charge in [0, 0.05) is 24.1 Å². The highest BCUT2D eigenvalue weighted by Crippen LogP contribution is 2.21. The summed E-state index contributed by atoms with van der Waals surface area (Å²) in [6.45, 7) is 2.63. The summed E-state index contributed by atoms with van der Waals surface area (Å²) in [5.74, 6) is -0.553. The SMILES string of the molecule is CC1OCCC1N(C)C(=O)c1ccc(F)c(S)c1. The third-order valence-corrected chi connectivity index (χ3v) is 3.69. The molecule has 1 aliphatic rings. The smallest absolute Gasteiger partial charge is 0.253 e. The normalized spacial score (nSPS) is 23.1. The number of benzene rings is 1. The number of thiol groups is 1. The first kappa shape index (κ1) is 13.4. The number of ether oxygens (including phenoxy) is 1. The highest BCUT2D eigenvalue weighted by molar-refractivity contribution is 7.80. The molecule has 0 aliphatic carbocycles. The summed E-state index contributed by atoms with van der Waals surface area (Å²) >= 11 is 3.99. The van der Waals surface area contributed by atoms with Crippen LogP contribution in [-0.2, 0) is 4.74 Å². The van der Waals surface area contributed by atoms with Crippen molar-refractivity contribution in [1.82, 2.24) is 4.90 Å². The first-order valence-electron chi connectivity index (χ1n) is 5.88. The summed E-state index contributed by atoms with van der Waals surface area (Å²) in [6.07, 6.45) is 0.869. The molecule has 1 aromatic carbocycles. The largest absolute Gasteiger partial charge is 0.376 e. The monoisotopic (exact) mass is 269 g/mol. The van der Waals surface area contributed by atoms with Crippen molar-refractivity contribution in [2.24, 2.45) is 0 Å². The maximum Gasteiger partial charge on any atom is 0.253 e. The van der Waals surface area contributed by atoms with Crippen molar-refractivity contribution in [2.75, 3.05) is 13.7 Å². The Morgan fingerprint density at radius 1 is 1.56 bits per heavy atom. The number of hydrogen-bond acceptors (Lipinski definition) is 3. The summed E-state index contributed by atoms with van der Waals surface area (Å²) in [5, 5.41) is 0. The molecule has 1 heterocycles. The number of nitrogens with zero attached hydrogens (tertiary/aromatic N) is 1. The van der Waals surface area contributed by atoms with Crippen LogP contribution in [0.5, 0.6) is 0 Å². The molecule has 1 fully saturated rings. The van der Waals surface area contributed by atoms with Crippen LogP contribution >= 0.6 is 12.6 Å². The van der Waals surface area contributed by atoms with Gasteiger partial charge in [0.2, 0.25) is 0 Å². The number of carbonyl (C=O) groups is 1. The minimum absolute atomic E-state index is 0.0369. The van der Waals surface area contributed by atoms with E-state index in [1.54, 1.807) is 11.9 Å². The third kappa shape index (κ3) is 2.52. The number of carbonyl (C=O) groups excluding carboxylic acids is 1. The fraction of sp³-hybridized carbons (Fsp3) is 0.462. The van der Waals surface area contributed by atoms with Crippen molar-refractivity contribution in [1.29, 1.82) is 0 Å². The molecule has 0 aromatic heterocycles. The molecule has 2 rings (SSSR count). The van der Waals surface area contributed by atoms with E-state index in [0.717, 1.165) is 6.42 Å². The molecule has 1 amide bonds. The van der Waals surface area contributed by atoms with Crippen LogP contribution in [0.2, 0.25) is 0 Å². The van der Waals surface area contributed by atoms with Gasteiger partial charge in [-0.1, -0.05) is 0 Å². The molecular formula is C13H16FNO2S. The van der Waals surface area contributed by atoms with Crippen LogP contribution in [0.25, 0.3) is 0 Å². The van der Waals surface area contributed by atoms with E-state index in [1.807, 2.05) is 6.92 Å². The average molecular weight is 269 g/mol. The molecule has 1 saturated heterocycles. The van der Waals surface area contributed by atoms with Gasteiger partial charge in [-0.25, -0.2) is 4.39 Å². The van der Waals surface area contributed by atoms with Crippen LogP contribution in [0.4, 0.5) is 4.39 Å². The Balaban J connectivity index is 2.17. The van der Waals surface area contributed by atoms with E-state index in [-0.39, 0.29) is 22.9 Å². The van der Waals surface area contributed by atoms with Crippen LogP contribution in [0.3, 0.4) is 0 Å². The Kier molecular flexibility index (Phi) is 3.92. The molecule has 0 saturated carbocycles. The first-order valence-corrected chi connectivity index (χ1v) is 6.32. The summed E-state index contributed by atoms with van der Waals surface area (Å²) in [6, 6.07) is 4.27. The second kappa shape index (κ2) is 5.28. The summed E-state index contributed by atoms with van der Waals surface area (Å²) in [5.41, 5.74) is 0.447. The molecule has 0 N–H and O–H groups in total. The van der Waals surface area contributed by atoms with Crippen LogP contribution in [0.15, 0.2) is 23.1 Å². The van der Waals surface area contributed by atoms with Gasteiger partial charge in [0.15, 0.2) is 0 Å². The Labute approximate surface area is 111 Å². The maximum absolute atomic E-state index is 13.1. The van der Waals surface area contributed by atoms with Crippen LogP contribution < -0.4 is 0 Å². The van der Waals surface area contributed by atoms with Crippen molar-refractivity contribution in [3.63, 3.8) is 0 Å². The predicted octanol–water partition coefficient (Wildman–Crippen LogP) is 2.36. The number of likely N-dealkylation sites (N-methyl/N-ethyl adjacent to an activating group) is 1. The Morgan fingerprint density at radius 3 is 2.83 bits per heavy atom. The Morgan fingerprint density at radius 2 is 2.28 bits per heavy atom. The van der Waals surface area contributed by atoms with E-state index in [0.29, 0.717) is 12.2 Å². The van der Waals surface area contributed by atoms with Crippen LogP contribution in [0.1, 0.15) is 23.7 Å². The molecule has 1 aromatic rings. The van der Waals surface area contributed by atoms with E-state index in [4.69, 9.17) is 4.74 Å². The molecule has 0 spiro atoms. The van der Waals surface area contributed by atoms with Crippen molar-refractivity contribution >= 4 is 18.5 Å². The molecule has 5 heteroatoms. The molecule has 0 bridgehead atoms. The molecule has 0 radical (unpaired) electrons. The van der Waals surface area contributed by atoms with Crippen molar-refractivity contribution in [2.45, 2.75) is 30.4 Å². The van der Waals surface area contributed by atoms with Gasteiger partial charge >= 0.3 is 0 Å². The van der Waals surface area contributed by atoms with E-state index in [2.05, 4.69) is 12.6 Å². The van der Waals surface area contributed by atoms with Crippen molar-refractivity contribution in [3.05, 3.63) is 29.6 Å². The van der Waals surface area contributed by atoms with Crippen LogP contribution in [0, 0.1) is 5.82 Å². The molecule has 1 aliphatic heterocycles. The number of halogens is 1. The second-order valence-electron chi connectivity index (χ2n) is 4.51. The van der Waals surface area contributed by atoms with Gasteiger partial charge < -0.3 is 9.64 Å². The second-order valence-corrected chi connectivity index (χ2v) is 5.00. The minimum Gasteiger partial charge on any atom is -0.376 e. The zero-order chi connectivity index (χ0) is 13.3. The summed E-state index contributed by atoms with van der Waals surface area (Å²) < 4.78 is 18.6. The lowest BCUT2D eigenvalue weighted by molar-refractivity contribution is 0.0574. The quantitative estimate of drug-likeness (QED) is 0.835. The molecule has 18 heavy (non-hydrogen) atoms. The summed E-state index contributed by atoms with van der Waals surface area (Å²) in [7, 11) is 1.75. The maximum atomic E-state index is 13.1. The highest BCUT2D eigenvalue weighted by atomic mass is 32.1. The van der Waals surface area contributed by atoms with E-state index in [1.165, 1.54) is 18.2 Å². The van der Waals surface area contributed by atoms with E-state index >= 15 is 0 Å². The number of hydrogen-bond donors (Lipinski definition) is 1. The molecule has 98 valence electrons. The minimum atomic E-state index is -0.421. The van der Waals surface area contributed by atoms with E-state index in [9.17, 15) is 9.18 Å². The summed E-state index contributed by atoms with van der Waals surface area (Å²) in [4.78, 5) is 14.1. The van der Waals surface area contributed by atoms with Gasteiger partial charge in [0.05, 0.1) is 12.1 Å². The van der Waals surface area contributed by atoms with E-state index < -0.39 is 5.82 Å². The molecular weight excluding hydrogens is 253 g/mol. The average Bonchev–Trinajstić information content (AvgIpc) is 2.77. The lowest BCUT2D eigenvalue weighted by Crippen LogP contribution is -2.41. The zero-order valence-corrected chi connectivity index (χ0v) is 11.3. The van der Waals surface area contributed by atoms with Gasteiger partial charge in [0.1, 0.15) is 5.82 Å². The van der Waals surface area contributed by atoms with Gasteiger partial charge in [-0.2, -0.15) is 0 Å².